The van der Waals surface area contributed by atoms with Crippen molar-refractivity contribution in [1.82, 2.24) is 29.9 Å². The first kappa shape index (κ1) is 44.1. The van der Waals surface area contributed by atoms with E-state index in [0.29, 0.717) is 23.5 Å². The second-order valence-corrected chi connectivity index (χ2v) is 12.5. The third kappa shape index (κ3) is 14.1. The predicted molar refractivity (Wildman–Crippen MR) is 193 cm³/mol. The maximum Gasteiger partial charge on any atom is 1.00 e. The number of nitrogens with zero attached hydrogens (tertiary/aromatic N) is 6. The fraction of sp³-hybridized carbons (Fsp3) is 0.0303. The van der Waals surface area contributed by atoms with Gasteiger partial charge in [-0.15, -0.1) is 43.0 Å². The van der Waals surface area contributed by atoms with E-state index in [1.807, 2.05) is 60.7 Å². The topological polar surface area (TPSA) is 248 Å². The van der Waals surface area contributed by atoms with Crippen molar-refractivity contribution in [3.8, 4) is 0 Å². The van der Waals surface area contributed by atoms with E-state index in [1.165, 1.54) is 18.2 Å². The number of nitrogens with two attached hydrogens (primary N) is 1. The Hall–Kier alpha value is -4.34. The van der Waals surface area contributed by atoms with Crippen LogP contribution >= 0.6 is 11.6 Å². The Morgan fingerprint density at radius 2 is 1.30 bits per heavy atom. The van der Waals surface area contributed by atoms with E-state index in [4.69, 9.17) is 30.0 Å². The molecule has 0 aliphatic carbocycles. The molecule has 0 bridgehead atoms. The van der Waals surface area contributed by atoms with Gasteiger partial charge in [0.2, 0.25) is 29.1 Å². The van der Waals surface area contributed by atoms with Gasteiger partial charge in [0.05, 0.1) is 4.90 Å². The van der Waals surface area contributed by atoms with E-state index in [-0.39, 0.29) is 99.4 Å². The Kier molecular flexibility index (Phi) is 17.1. The first-order valence-corrected chi connectivity index (χ1v) is 17.6. The molecule has 0 amide bonds. The summed E-state index contributed by atoms with van der Waals surface area (Å²) in [6.07, 6.45) is 3.56. The molecular weight excluding hydrogens is 778 g/mol. The van der Waals surface area contributed by atoms with E-state index < -0.39 is 25.6 Å². The van der Waals surface area contributed by atoms with Gasteiger partial charge >= 0.3 is 69.7 Å². The zero-order valence-corrected chi connectivity index (χ0v) is 34.9. The summed E-state index contributed by atoms with van der Waals surface area (Å²) in [7, 11) is -7.96. The first-order chi connectivity index (χ1) is 24.9. The summed E-state index contributed by atoms with van der Waals surface area (Å²) in [5.41, 5.74) is 9.35. The standard InChI is InChI=1S/C33H26ClN10O3S.2Na.O3S/c34-29-41-32(36-24-9-5-2-6-10-24)44-33(42-29)37-25-16-12-21(13-17-25)11-14-23-15-18-26(20-27(23)48(45,46)47)38-31-40-28(39-30(35)43-31)19-22-7-3-1-4-8-22;;;1-4(2)3/h1-12,14-18,20H,19H2,(H,45,46,47)(H3,35,38,39,40,43)(H2,36,37,41,42,44);;;/q-1;2*+1;/p-1/b14-11+;;;. The van der Waals surface area contributed by atoms with E-state index in [1.54, 1.807) is 30.3 Å². The SMILES string of the molecule is Nc1nc(Cc2ccccc2)nc(Nc2ccc(/C=C/c3[c-]cc(Nc4nc(Cl)nc(Nc5ccccc5)n4)cc3)c(S(=O)(=O)[O-])c2)n1.O=S(=O)=O.[Na+].[Na+]. The summed E-state index contributed by atoms with van der Waals surface area (Å²) < 4.78 is 62.0. The molecule has 0 fully saturated rings. The average Bonchev–Trinajstić information content (AvgIpc) is 3.08. The fourth-order valence-corrected chi connectivity index (χ4v) is 5.34. The quantitative estimate of drug-likeness (QED) is 0.0531. The molecule has 5 N–H and O–H groups in total. The maximum absolute atomic E-state index is 12.2. The third-order valence-electron chi connectivity index (χ3n) is 6.62. The molecule has 2 aromatic heterocycles. The van der Waals surface area contributed by atoms with Gasteiger partial charge < -0.3 is 26.2 Å². The summed E-state index contributed by atoms with van der Waals surface area (Å²) in [5, 5.41) is 9.05. The van der Waals surface area contributed by atoms with Gasteiger partial charge in [0.15, 0.2) is 0 Å². The van der Waals surface area contributed by atoms with Crippen LogP contribution in [0.5, 0.6) is 0 Å². The molecule has 4 aromatic carbocycles. The van der Waals surface area contributed by atoms with Crippen LogP contribution in [0.2, 0.25) is 5.28 Å². The van der Waals surface area contributed by atoms with Crippen LogP contribution < -0.4 is 80.8 Å². The van der Waals surface area contributed by atoms with E-state index in [0.717, 1.165) is 11.3 Å². The fourth-order valence-electron chi connectivity index (χ4n) is 4.49. The molecule has 54 heavy (non-hydrogen) atoms. The molecule has 264 valence electrons. The predicted octanol–water partition coefficient (Wildman–Crippen LogP) is -1.01. The molecule has 0 radical (unpaired) electrons. The van der Waals surface area contributed by atoms with Gasteiger partial charge in [0, 0.05) is 17.8 Å². The Balaban J connectivity index is 0.00000125. The van der Waals surface area contributed by atoms with Crippen LogP contribution in [0.4, 0.5) is 40.9 Å². The maximum atomic E-state index is 12.2. The summed E-state index contributed by atoms with van der Waals surface area (Å²) in [6.45, 7) is 0. The first-order valence-electron chi connectivity index (χ1n) is 14.8. The largest absolute Gasteiger partial charge is 1.00 e. The molecule has 2 heterocycles. The smallest absolute Gasteiger partial charge is 0.744 e. The van der Waals surface area contributed by atoms with Crippen molar-refractivity contribution in [2.45, 2.75) is 11.3 Å². The number of hydrogen-bond acceptors (Lipinski definition) is 16. The van der Waals surface area contributed by atoms with Crippen LogP contribution in [0.3, 0.4) is 0 Å². The number of rotatable bonds is 11. The van der Waals surface area contributed by atoms with Crippen molar-refractivity contribution in [3.05, 3.63) is 131 Å². The third-order valence-corrected chi connectivity index (χ3v) is 7.68. The van der Waals surface area contributed by atoms with Gasteiger partial charge in [-0.25, -0.2) is 8.42 Å². The number of hydrogen-bond donors (Lipinski definition) is 4. The van der Waals surface area contributed by atoms with Crippen molar-refractivity contribution in [2.24, 2.45) is 0 Å². The molecule has 16 nitrogen and oxygen atoms in total. The van der Waals surface area contributed by atoms with Crippen molar-refractivity contribution in [1.29, 1.82) is 0 Å². The number of nitrogen functional groups attached to an aromatic ring is 1. The number of anilines is 7. The van der Waals surface area contributed by atoms with E-state index in [9.17, 15) is 13.0 Å². The average molecular weight is 803 g/mol. The van der Waals surface area contributed by atoms with Crippen LogP contribution in [0, 0.1) is 6.07 Å². The van der Waals surface area contributed by atoms with Gasteiger partial charge in [0.25, 0.3) is 0 Å². The number of aromatic nitrogens is 6. The number of benzene rings is 4. The number of para-hydroxylation sites is 1. The van der Waals surface area contributed by atoms with Crippen molar-refractivity contribution in [3.63, 3.8) is 0 Å². The molecule has 6 aromatic rings. The van der Waals surface area contributed by atoms with Crippen LogP contribution in [-0.2, 0) is 27.1 Å². The normalized spacial score (nSPS) is 10.6. The van der Waals surface area contributed by atoms with Crippen LogP contribution in [0.15, 0.2) is 102 Å². The zero-order valence-electron chi connectivity index (χ0n) is 28.5. The molecule has 0 aliphatic heterocycles. The minimum atomic E-state index is -4.85. The summed E-state index contributed by atoms with van der Waals surface area (Å²) in [6, 6.07) is 31.5. The number of halogens is 1. The Bertz CT molecular complexity index is 2430. The molecule has 0 spiro atoms. The van der Waals surface area contributed by atoms with Crippen LogP contribution in [0.1, 0.15) is 22.5 Å². The molecule has 6 rings (SSSR count). The van der Waals surface area contributed by atoms with Gasteiger partial charge in [-0.1, -0.05) is 60.7 Å². The van der Waals surface area contributed by atoms with Gasteiger partial charge in [-0.05, 0) is 52.7 Å². The monoisotopic (exact) mass is 802 g/mol. The second-order valence-electron chi connectivity index (χ2n) is 10.4. The minimum Gasteiger partial charge on any atom is -0.744 e. The molecular formula is C33H25ClN10Na2O6S2. The Morgan fingerprint density at radius 3 is 1.91 bits per heavy atom. The second kappa shape index (κ2) is 20.9. The molecule has 0 aliphatic rings. The molecule has 0 saturated heterocycles. The molecule has 0 atom stereocenters. The van der Waals surface area contributed by atoms with Gasteiger partial charge in [-0.2, -0.15) is 35.5 Å². The van der Waals surface area contributed by atoms with Gasteiger partial charge in [0.1, 0.15) is 15.9 Å². The summed E-state index contributed by atoms with van der Waals surface area (Å²) >= 11 is 6.10. The summed E-state index contributed by atoms with van der Waals surface area (Å²) in [4.78, 5) is 24.8. The van der Waals surface area contributed by atoms with Crippen LogP contribution in [-0.4, -0.2) is 55.5 Å². The van der Waals surface area contributed by atoms with E-state index in [2.05, 4.69) is 51.9 Å². The number of nitrogens with one attached hydrogen (secondary N) is 3. The molecule has 21 heteroatoms. The van der Waals surface area contributed by atoms with Crippen molar-refractivity contribution in [2.75, 3.05) is 21.7 Å². The van der Waals surface area contributed by atoms with Crippen molar-refractivity contribution >= 4 is 85.3 Å². The zero-order chi connectivity index (χ0) is 37.1. The molecule has 0 unspecified atom stereocenters. The Labute approximate surface area is 360 Å². The summed E-state index contributed by atoms with van der Waals surface area (Å²) in [5.74, 6) is 1.01. The Morgan fingerprint density at radius 1 is 0.722 bits per heavy atom. The molecule has 0 saturated carbocycles. The van der Waals surface area contributed by atoms with E-state index >= 15 is 0 Å². The van der Waals surface area contributed by atoms with Crippen molar-refractivity contribution < 1.29 is 84.7 Å². The van der Waals surface area contributed by atoms with Crippen LogP contribution in [0.25, 0.3) is 12.2 Å². The minimum absolute atomic E-state index is 0. The van der Waals surface area contributed by atoms with Gasteiger partial charge in [-0.3, -0.25) is 0 Å².